The molecule has 2 atom stereocenters. The molecule has 14 heavy (non-hydrogen) atoms. The molecule has 1 aliphatic rings. The van der Waals surface area contributed by atoms with E-state index in [0.717, 1.165) is 0 Å². The van der Waals surface area contributed by atoms with Gasteiger partial charge in [0.05, 0.1) is 0 Å². The van der Waals surface area contributed by atoms with E-state index in [2.05, 4.69) is 49.9 Å². The summed E-state index contributed by atoms with van der Waals surface area (Å²) in [5.74, 6) is 0.657. The molecule has 0 heterocycles. The third-order valence-corrected chi connectivity index (χ3v) is 3.75. The Kier molecular flexibility index (Phi) is 2.45. The van der Waals surface area contributed by atoms with Gasteiger partial charge in [0.25, 0.3) is 0 Å². The lowest BCUT2D eigenvalue weighted by atomic mass is 9.74. The first-order chi connectivity index (χ1) is 6.77. The molecule has 0 saturated heterocycles. The summed E-state index contributed by atoms with van der Waals surface area (Å²) in [5, 5.41) is 0. The number of allylic oxidation sites excluding steroid dienone is 1. The molecule has 0 heteroatoms. The van der Waals surface area contributed by atoms with Gasteiger partial charge < -0.3 is 0 Å². The van der Waals surface area contributed by atoms with Gasteiger partial charge in [0.1, 0.15) is 0 Å². The van der Waals surface area contributed by atoms with Gasteiger partial charge in [-0.15, -0.1) is 6.58 Å². The molecule has 0 radical (unpaired) electrons. The van der Waals surface area contributed by atoms with Crippen LogP contribution in [0.4, 0.5) is 0 Å². The first kappa shape index (κ1) is 9.51. The maximum absolute atomic E-state index is 3.96. The summed E-state index contributed by atoms with van der Waals surface area (Å²) in [5.41, 5.74) is 1.81. The van der Waals surface area contributed by atoms with E-state index in [-0.39, 0.29) is 0 Å². The van der Waals surface area contributed by atoms with Crippen molar-refractivity contribution in [2.75, 3.05) is 0 Å². The van der Waals surface area contributed by atoms with Crippen LogP contribution in [0.25, 0.3) is 0 Å². The van der Waals surface area contributed by atoms with E-state index in [1.54, 1.807) is 0 Å². The predicted octanol–water partition coefficient (Wildman–Crippen LogP) is 3.93. The standard InChI is InChI=1S/C14H18/c1-3-12-10-7-11-14(12,2)13-8-5-4-6-9-13/h3-6,8-9,12H,1,7,10-11H2,2H3. The van der Waals surface area contributed by atoms with E-state index in [9.17, 15) is 0 Å². The highest BCUT2D eigenvalue weighted by atomic mass is 14.4. The minimum absolute atomic E-state index is 0.336. The summed E-state index contributed by atoms with van der Waals surface area (Å²) in [6.07, 6.45) is 6.07. The molecule has 74 valence electrons. The molecule has 2 rings (SSSR count). The van der Waals surface area contributed by atoms with Crippen molar-refractivity contribution in [1.82, 2.24) is 0 Å². The van der Waals surface area contributed by atoms with Crippen molar-refractivity contribution in [3.05, 3.63) is 48.6 Å². The molecule has 0 amide bonds. The van der Waals surface area contributed by atoms with Crippen LogP contribution >= 0.6 is 0 Å². The van der Waals surface area contributed by atoms with Gasteiger partial charge in [-0.1, -0.05) is 49.8 Å². The molecule has 2 unspecified atom stereocenters. The number of hydrogen-bond acceptors (Lipinski definition) is 0. The summed E-state index contributed by atoms with van der Waals surface area (Å²) in [4.78, 5) is 0. The van der Waals surface area contributed by atoms with Gasteiger partial charge in [-0.25, -0.2) is 0 Å². The highest BCUT2D eigenvalue weighted by molar-refractivity contribution is 5.28. The van der Waals surface area contributed by atoms with Crippen LogP contribution in [-0.4, -0.2) is 0 Å². The fraction of sp³-hybridized carbons (Fsp3) is 0.429. The third kappa shape index (κ3) is 1.39. The Labute approximate surface area is 86.7 Å². The zero-order chi connectivity index (χ0) is 10.0. The fourth-order valence-electron chi connectivity index (χ4n) is 2.75. The second-order valence-electron chi connectivity index (χ2n) is 4.52. The van der Waals surface area contributed by atoms with Crippen molar-refractivity contribution in [2.45, 2.75) is 31.6 Å². The molecule has 0 N–H and O–H groups in total. The first-order valence-electron chi connectivity index (χ1n) is 5.45. The van der Waals surface area contributed by atoms with E-state index in [0.29, 0.717) is 11.3 Å². The van der Waals surface area contributed by atoms with Crippen molar-refractivity contribution in [2.24, 2.45) is 5.92 Å². The molecule has 0 aromatic heterocycles. The highest BCUT2D eigenvalue weighted by Crippen LogP contribution is 2.45. The number of rotatable bonds is 2. The lowest BCUT2D eigenvalue weighted by Gasteiger charge is -2.30. The van der Waals surface area contributed by atoms with Crippen LogP contribution in [0.15, 0.2) is 43.0 Å². The van der Waals surface area contributed by atoms with Gasteiger partial charge in [0.15, 0.2) is 0 Å². The van der Waals surface area contributed by atoms with Crippen LogP contribution in [0.2, 0.25) is 0 Å². The van der Waals surface area contributed by atoms with Crippen LogP contribution < -0.4 is 0 Å². The Morgan fingerprint density at radius 3 is 2.71 bits per heavy atom. The van der Waals surface area contributed by atoms with E-state index in [1.807, 2.05) is 0 Å². The van der Waals surface area contributed by atoms with E-state index in [1.165, 1.54) is 24.8 Å². The van der Waals surface area contributed by atoms with Crippen LogP contribution in [-0.2, 0) is 5.41 Å². The van der Waals surface area contributed by atoms with Crippen molar-refractivity contribution in [3.63, 3.8) is 0 Å². The largest absolute Gasteiger partial charge is 0.103 e. The summed E-state index contributed by atoms with van der Waals surface area (Å²) in [6, 6.07) is 10.9. The minimum atomic E-state index is 0.336. The zero-order valence-corrected chi connectivity index (χ0v) is 8.87. The molecule has 1 saturated carbocycles. The second kappa shape index (κ2) is 3.61. The first-order valence-corrected chi connectivity index (χ1v) is 5.45. The Bertz CT molecular complexity index is 312. The van der Waals surface area contributed by atoms with Gasteiger partial charge in [0, 0.05) is 0 Å². The molecular weight excluding hydrogens is 168 g/mol. The van der Waals surface area contributed by atoms with Gasteiger partial charge >= 0.3 is 0 Å². The van der Waals surface area contributed by atoms with Gasteiger partial charge in [-0.3, -0.25) is 0 Å². The number of hydrogen-bond donors (Lipinski definition) is 0. The SMILES string of the molecule is C=CC1CCCC1(C)c1ccccc1. The summed E-state index contributed by atoms with van der Waals surface area (Å²) in [7, 11) is 0. The molecular formula is C14H18. The maximum Gasteiger partial charge on any atom is -0.00127 e. The minimum Gasteiger partial charge on any atom is -0.103 e. The highest BCUT2D eigenvalue weighted by Gasteiger charge is 2.37. The van der Waals surface area contributed by atoms with Crippen LogP contribution in [0.3, 0.4) is 0 Å². The lowest BCUT2D eigenvalue weighted by molar-refractivity contribution is 0.407. The van der Waals surface area contributed by atoms with E-state index in [4.69, 9.17) is 0 Å². The molecule has 1 aromatic rings. The Morgan fingerprint density at radius 2 is 2.07 bits per heavy atom. The molecule has 0 aliphatic heterocycles. The monoisotopic (exact) mass is 186 g/mol. The van der Waals surface area contributed by atoms with Crippen molar-refractivity contribution in [3.8, 4) is 0 Å². The third-order valence-electron chi connectivity index (χ3n) is 3.75. The lowest BCUT2D eigenvalue weighted by Crippen LogP contribution is -2.25. The Morgan fingerprint density at radius 1 is 1.36 bits per heavy atom. The topological polar surface area (TPSA) is 0 Å². The van der Waals surface area contributed by atoms with E-state index >= 15 is 0 Å². The zero-order valence-electron chi connectivity index (χ0n) is 8.87. The molecule has 1 aliphatic carbocycles. The molecule has 0 spiro atoms. The molecule has 0 nitrogen and oxygen atoms in total. The average Bonchev–Trinajstić information content (AvgIpc) is 2.62. The van der Waals surface area contributed by atoms with Crippen molar-refractivity contribution >= 4 is 0 Å². The predicted molar refractivity (Wildman–Crippen MR) is 61.3 cm³/mol. The Balaban J connectivity index is 2.36. The Hall–Kier alpha value is -1.04. The van der Waals surface area contributed by atoms with Gasteiger partial charge in [-0.2, -0.15) is 0 Å². The summed E-state index contributed by atoms with van der Waals surface area (Å²) in [6.45, 7) is 6.34. The van der Waals surface area contributed by atoms with Crippen molar-refractivity contribution in [1.29, 1.82) is 0 Å². The van der Waals surface area contributed by atoms with Gasteiger partial charge in [0.2, 0.25) is 0 Å². The van der Waals surface area contributed by atoms with Gasteiger partial charge in [-0.05, 0) is 29.7 Å². The average molecular weight is 186 g/mol. The van der Waals surface area contributed by atoms with E-state index < -0.39 is 0 Å². The van der Waals surface area contributed by atoms with Crippen LogP contribution in [0, 0.1) is 5.92 Å². The second-order valence-corrected chi connectivity index (χ2v) is 4.52. The molecule has 1 fully saturated rings. The fourth-order valence-corrected chi connectivity index (χ4v) is 2.75. The number of benzene rings is 1. The summed E-state index contributed by atoms with van der Waals surface area (Å²) >= 11 is 0. The van der Waals surface area contributed by atoms with Crippen LogP contribution in [0.1, 0.15) is 31.7 Å². The smallest absolute Gasteiger partial charge is 0.00127 e. The molecule has 1 aromatic carbocycles. The maximum atomic E-state index is 3.96. The quantitative estimate of drug-likeness (QED) is 0.614. The van der Waals surface area contributed by atoms with Crippen LogP contribution in [0.5, 0.6) is 0 Å². The summed E-state index contributed by atoms with van der Waals surface area (Å²) < 4.78 is 0. The van der Waals surface area contributed by atoms with Crippen molar-refractivity contribution < 1.29 is 0 Å². The molecule has 0 bridgehead atoms. The normalized spacial score (nSPS) is 31.6.